The Morgan fingerprint density at radius 3 is 2.59 bits per heavy atom. The summed E-state index contributed by atoms with van der Waals surface area (Å²) < 4.78 is 45.3. The van der Waals surface area contributed by atoms with Gasteiger partial charge in [0.25, 0.3) is 0 Å². The number of alkyl halides is 3. The molecule has 0 N–H and O–H groups in total. The summed E-state index contributed by atoms with van der Waals surface area (Å²) in [6, 6.07) is 12.6. The molecule has 1 aromatic carbocycles. The van der Waals surface area contributed by atoms with Crippen LogP contribution in [0.3, 0.4) is 0 Å². The number of nitrogens with zero attached hydrogens (tertiary/aromatic N) is 4. The molecule has 5 rings (SSSR count). The second kappa shape index (κ2) is 8.20. The highest BCUT2D eigenvalue weighted by atomic mass is 19.4. The zero-order chi connectivity index (χ0) is 22.1. The third-order valence-corrected chi connectivity index (χ3v) is 5.49. The lowest BCUT2D eigenvalue weighted by Gasteiger charge is -2.28. The molecule has 4 heterocycles. The molecular weight excluding hydrogens is 417 g/mol. The third kappa shape index (κ3) is 4.13. The average Bonchev–Trinajstić information content (AvgIpc) is 3.34. The van der Waals surface area contributed by atoms with Crippen molar-refractivity contribution in [3.05, 3.63) is 89.6 Å². The first kappa shape index (κ1) is 20.4. The fraction of sp³-hybridized carbons (Fsp3) is 0.208. The van der Waals surface area contributed by atoms with E-state index in [1.807, 2.05) is 18.3 Å². The van der Waals surface area contributed by atoms with Crippen LogP contribution in [0.5, 0.6) is 0 Å². The van der Waals surface area contributed by atoms with Crippen molar-refractivity contribution in [1.82, 2.24) is 19.9 Å². The molecule has 32 heavy (non-hydrogen) atoms. The maximum atomic E-state index is 13.3. The van der Waals surface area contributed by atoms with Gasteiger partial charge < -0.3 is 4.42 Å². The van der Waals surface area contributed by atoms with Crippen molar-refractivity contribution in [1.29, 1.82) is 0 Å². The predicted molar refractivity (Wildman–Crippen MR) is 112 cm³/mol. The highest BCUT2D eigenvalue weighted by Crippen LogP contribution is 2.36. The van der Waals surface area contributed by atoms with Crippen molar-refractivity contribution in [2.45, 2.75) is 25.7 Å². The Bertz CT molecular complexity index is 1220. The maximum Gasteiger partial charge on any atom is 0.417 e. The van der Waals surface area contributed by atoms with Gasteiger partial charge in [-0.25, -0.2) is 9.97 Å². The van der Waals surface area contributed by atoms with Crippen LogP contribution in [0.1, 0.15) is 22.4 Å². The molecule has 0 amide bonds. The molecule has 0 radical (unpaired) electrons. The lowest BCUT2D eigenvalue weighted by Crippen LogP contribution is -2.31. The van der Waals surface area contributed by atoms with E-state index in [2.05, 4.69) is 19.9 Å². The van der Waals surface area contributed by atoms with Crippen LogP contribution in [0.2, 0.25) is 0 Å². The molecule has 0 saturated carbocycles. The Kier molecular flexibility index (Phi) is 5.22. The van der Waals surface area contributed by atoms with E-state index in [-0.39, 0.29) is 5.56 Å². The van der Waals surface area contributed by atoms with Gasteiger partial charge in [-0.1, -0.05) is 24.3 Å². The van der Waals surface area contributed by atoms with E-state index in [0.29, 0.717) is 30.4 Å². The molecule has 0 aliphatic carbocycles. The van der Waals surface area contributed by atoms with Crippen LogP contribution in [0.25, 0.3) is 22.8 Å². The van der Waals surface area contributed by atoms with Crippen LogP contribution in [-0.4, -0.2) is 26.4 Å². The number of hydrogen-bond donors (Lipinski definition) is 0. The topological polar surface area (TPSA) is 55.1 Å². The van der Waals surface area contributed by atoms with Crippen LogP contribution in [0.4, 0.5) is 13.2 Å². The van der Waals surface area contributed by atoms with Gasteiger partial charge in [-0.2, -0.15) is 13.2 Å². The Labute approximate surface area is 182 Å². The zero-order valence-corrected chi connectivity index (χ0v) is 17.0. The second-order valence-electron chi connectivity index (χ2n) is 7.70. The fourth-order valence-corrected chi connectivity index (χ4v) is 3.92. The van der Waals surface area contributed by atoms with E-state index in [1.165, 1.54) is 12.1 Å². The minimum atomic E-state index is -4.42. The van der Waals surface area contributed by atoms with Gasteiger partial charge in [-0.15, -0.1) is 0 Å². The molecule has 5 nitrogen and oxygen atoms in total. The molecule has 0 spiro atoms. The van der Waals surface area contributed by atoms with E-state index in [4.69, 9.17) is 4.42 Å². The van der Waals surface area contributed by atoms with Crippen LogP contribution in [0, 0.1) is 0 Å². The number of rotatable bonds is 4. The molecule has 0 fully saturated rings. The average molecular weight is 436 g/mol. The van der Waals surface area contributed by atoms with E-state index in [1.54, 1.807) is 30.7 Å². The van der Waals surface area contributed by atoms with E-state index in [0.717, 1.165) is 35.9 Å². The quantitative estimate of drug-likeness (QED) is 0.430. The van der Waals surface area contributed by atoms with Gasteiger partial charge in [0.05, 0.1) is 23.2 Å². The van der Waals surface area contributed by atoms with E-state index >= 15 is 0 Å². The molecule has 162 valence electrons. The van der Waals surface area contributed by atoms with Gasteiger partial charge in [0.1, 0.15) is 0 Å². The normalized spacial score (nSPS) is 14.3. The molecule has 8 heteroatoms. The minimum Gasteiger partial charge on any atom is -0.461 e. The van der Waals surface area contributed by atoms with Crippen LogP contribution in [-0.2, 0) is 25.7 Å². The Morgan fingerprint density at radius 2 is 1.84 bits per heavy atom. The number of aromatic nitrogens is 3. The number of fused-ring (bicyclic) bond motifs is 1. The number of benzene rings is 1. The molecule has 1 aliphatic rings. The summed E-state index contributed by atoms with van der Waals surface area (Å²) in [5.74, 6) is 1.23. The fourth-order valence-electron chi connectivity index (χ4n) is 3.92. The molecule has 3 aromatic heterocycles. The lowest BCUT2D eigenvalue weighted by molar-refractivity contribution is -0.137. The molecule has 0 bridgehead atoms. The zero-order valence-electron chi connectivity index (χ0n) is 17.0. The smallest absolute Gasteiger partial charge is 0.417 e. The van der Waals surface area contributed by atoms with Gasteiger partial charge in [0.2, 0.25) is 0 Å². The third-order valence-electron chi connectivity index (χ3n) is 5.49. The number of pyridine rings is 1. The Morgan fingerprint density at radius 1 is 0.969 bits per heavy atom. The van der Waals surface area contributed by atoms with Crippen molar-refractivity contribution in [3.63, 3.8) is 0 Å². The molecular formula is C24H19F3N4O. The van der Waals surface area contributed by atoms with Crippen molar-refractivity contribution in [2.24, 2.45) is 0 Å². The number of hydrogen-bond acceptors (Lipinski definition) is 5. The lowest BCUT2D eigenvalue weighted by atomic mass is 10.0. The highest BCUT2D eigenvalue weighted by Gasteiger charge is 2.33. The molecule has 1 aliphatic heterocycles. The van der Waals surface area contributed by atoms with Gasteiger partial charge in [0.15, 0.2) is 11.6 Å². The molecule has 0 atom stereocenters. The van der Waals surface area contributed by atoms with Gasteiger partial charge in [0, 0.05) is 49.6 Å². The molecule has 4 aromatic rings. The number of furan rings is 1. The second-order valence-corrected chi connectivity index (χ2v) is 7.70. The highest BCUT2D eigenvalue weighted by molar-refractivity contribution is 5.64. The SMILES string of the molecule is FC(F)(F)c1ccccc1-c1ccc(CN2CCc3nc(-c4ccco4)ncc3C2)cn1. The number of halogens is 3. The first-order chi connectivity index (χ1) is 15.5. The summed E-state index contributed by atoms with van der Waals surface area (Å²) in [4.78, 5) is 15.6. The van der Waals surface area contributed by atoms with Crippen LogP contribution >= 0.6 is 0 Å². The van der Waals surface area contributed by atoms with Gasteiger partial charge >= 0.3 is 6.18 Å². The summed E-state index contributed by atoms with van der Waals surface area (Å²) >= 11 is 0. The summed E-state index contributed by atoms with van der Waals surface area (Å²) in [6.45, 7) is 2.17. The maximum absolute atomic E-state index is 13.3. The van der Waals surface area contributed by atoms with Crippen molar-refractivity contribution < 1.29 is 17.6 Å². The Hall–Kier alpha value is -3.52. The molecule has 0 unspecified atom stereocenters. The van der Waals surface area contributed by atoms with Crippen LogP contribution in [0.15, 0.2) is 71.6 Å². The summed E-state index contributed by atoms with van der Waals surface area (Å²) in [7, 11) is 0. The van der Waals surface area contributed by atoms with Crippen molar-refractivity contribution in [3.8, 4) is 22.8 Å². The van der Waals surface area contributed by atoms with Gasteiger partial charge in [-0.05, 0) is 29.8 Å². The van der Waals surface area contributed by atoms with Gasteiger partial charge in [-0.3, -0.25) is 9.88 Å². The van der Waals surface area contributed by atoms with Crippen LogP contribution < -0.4 is 0 Å². The first-order valence-corrected chi connectivity index (χ1v) is 10.2. The largest absolute Gasteiger partial charge is 0.461 e. The summed E-state index contributed by atoms with van der Waals surface area (Å²) in [5, 5.41) is 0. The summed E-state index contributed by atoms with van der Waals surface area (Å²) in [6.07, 6.45) is 1.45. The van der Waals surface area contributed by atoms with E-state index in [9.17, 15) is 13.2 Å². The summed E-state index contributed by atoms with van der Waals surface area (Å²) in [5.41, 5.74) is 2.74. The molecule has 0 saturated heterocycles. The standard InChI is InChI=1S/C24H19F3N4O/c25-24(26,27)19-5-2-1-4-18(19)21-8-7-16(12-28-21)14-31-10-9-20-17(15-31)13-29-23(30-20)22-6-3-11-32-22/h1-8,11-13H,9-10,14-15H2. The Balaban J connectivity index is 1.29. The van der Waals surface area contributed by atoms with Crippen molar-refractivity contribution in [2.75, 3.05) is 6.54 Å². The minimum absolute atomic E-state index is 0.0861. The van der Waals surface area contributed by atoms with E-state index < -0.39 is 11.7 Å². The monoisotopic (exact) mass is 436 g/mol. The first-order valence-electron chi connectivity index (χ1n) is 10.2. The predicted octanol–water partition coefficient (Wildman–Crippen LogP) is 5.38. The van der Waals surface area contributed by atoms with Crippen molar-refractivity contribution >= 4 is 0 Å².